The van der Waals surface area contributed by atoms with Gasteiger partial charge >= 0.3 is 0 Å². The van der Waals surface area contributed by atoms with Gasteiger partial charge in [0.25, 0.3) is 0 Å². The van der Waals surface area contributed by atoms with Gasteiger partial charge in [0.15, 0.2) is 0 Å². The van der Waals surface area contributed by atoms with Gasteiger partial charge in [-0.1, -0.05) is 0 Å². The van der Waals surface area contributed by atoms with Crippen molar-refractivity contribution in [2.45, 2.75) is 25.3 Å². The standard InChI is InChI=1S/C11H24N2O3S/c1-16-7-2-4-10(12)11(15)13-5-9-17-8-3-6-14/h10,14H,2-9,12H2,1H3,(H,13,15). The van der Waals surface area contributed by atoms with E-state index in [0.717, 1.165) is 24.3 Å². The Bertz CT molecular complexity index is 194. The highest BCUT2D eigenvalue weighted by Crippen LogP contribution is 2.00. The predicted molar refractivity (Wildman–Crippen MR) is 71.1 cm³/mol. The number of methoxy groups -OCH3 is 1. The highest BCUT2D eigenvalue weighted by molar-refractivity contribution is 7.99. The molecule has 0 saturated heterocycles. The Kier molecular flexibility index (Phi) is 12.0. The number of rotatable bonds is 11. The number of hydrogen-bond donors (Lipinski definition) is 3. The van der Waals surface area contributed by atoms with Crippen molar-refractivity contribution in [3.63, 3.8) is 0 Å². The molecule has 0 aliphatic carbocycles. The van der Waals surface area contributed by atoms with Crippen molar-refractivity contribution < 1.29 is 14.6 Å². The second-order valence-electron chi connectivity index (χ2n) is 3.72. The maximum Gasteiger partial charge on any atom is 0.236 e. The summed E-state index contributed by atoms with van der Waals surface area (Å²) in [5.74, 6) is 1.69. The molecule has 4 N–H and O–H groups in total. The van der Waals surface area contributed by atoms with Crippen LogP contribution in [0.15, 0.2) is 0 Å². The Morgan fingerprint density at radius 1 is 1.47 bits per heavy atom. The molecule has 0 aromatic carbocycles. The number of aliphatic hydroxyl groups is 1. The first-order chi connectivity index (χ1) is 8.22. The fourth-order valence-electron chi connectivity index (χ4n) is 1.22. The largest absolute Gasteiger partial charge is 0.396 e. The molecule has 5 nitrogen and oxygen atoms in total. The lowest BCUT2D eigenvalue weighted by molar-refractivity contribution is -0.122. The van der Waals surface area contributed by atoms with Crippen LogP contribution in [0.4, 0.5) is 0 Å². The Balaban J connectivity index is 3.37. The third-order valence-corrected chi connectivity index (χ3v) is 3.26. The van der Waals surface area contributed by atoms with Gasteiger partial charge in [0.1, 0.15) is 0 Å². The van der Waals surface area contributed by atoms with E-state index < -0.39 is 6.04 Å². The van der Waals surface area contributed by atoms with Crippen LogP contribution in [-0.2, 0) is 9.53 Å². The number of thioether (sulfide) groups is 1. The molecule has 0 heterocycles. The molecule has 0 aromatic heterocycles. The van der Waals surface area contributed by atoms with E-state index in [1.54, 1.807) is 18.9 Å². The number of nitrogens with one attached hydrogen (secondary N) is 1. The van der Waals surface area contributed by atoms with Crippen LogP contribution in [0.3, 0.4) is 0 Å². The van der Waals surface area contributed by atoms with Gasteiger partial charge in [-0.15, -0.1) is 0 Å². The molecule has 1 amide bonds. The Hall–Kier alpha value is -0.300. The first-order valence-electron chi connectivity index (χ1n) is 5.93. The van der Waals surface area contributed by atoms with Crippen molar-refractivity contribution >= 4 is 17.7 Å². The van der Waals surface area contributed by atoms with E-state index in [1.807, 2.05) is 0 Å². The molecule has 0 rings (SSSR count). The lowest BCUT2D eigenvalue weighted by Gasteiger charge is -2.11. The van der Waals surface area contributed by atoms with Crippen molar-refractivity contribution in [3.8, 4) is 0 Å². The average Bonchev–Trinajstić information content (AvgIpc) is 2.33. The molecule has 102 valence electrons. The van der Waals surface area contributed by atoms with Crippen molar-refractivity contribution in [2.75, 3.05) is 38.4 Å². The van der Waals surface area contributed by atoms with E-state index in [0.29, 0.717) is 19.6 Å². The molecule has 0 bridgehead atoms. The number of hydrogen-bond acceptors (Lipinski definition) is 5. The first-order valence-corrected chi connectivity index (χ1v) is 7.08. The third-order valence-electron chi connectivity index (χ3n) is 2.19. The second kappa shape index (κ2) is 12.2. The number of carbonyl (C=O) groups is 1. The zero-order valence-electron chi connectivity index (χ0n) is 10.5. The van der Waals surface area contributed by atoms with Crippen LogP contribution >= 0.6 is 11.8 Å². The van der Waals surface area contributed by atoms with E-state index >= 15 is 0 Å². The van der Waals surface area contributed by atoms with Crippen molar-refractivity contribution in [1.82, 2.24) is 5.32 Å². The van der Waals surface area contributed by atoms with Gasteiger partial charge in [-0.05, 0) is 25.0 Å². The van der Waals surface area contributed by atoms with Gasteiger partial charge in [-0.3, -0.25) is 4.79 Å². The van der Waals surface area contributed by atoms with Crippen LogP contribution in [0.25, 0.3) is 0 Å². The summed E-state index contributed by atoms with van der Waals surface area (Å²) in [6.07, 6.45) is 2.25. The minimum Gasteiger partial charge on any atom is -0.396 e. The van der Waals surface area contributed by atoms with Crippen molar-refractivity contribution in [3.05, 3.63) is 0 Å². The molecule has 0 aromatic rings. The predicted octanol–water partition coefficient (Wildman–Crippen LogP) is -0.0279. The van der Waals surface area contributed by atoms with E-state index in [1.165, 1.54) is 0 Å². The summed E-state index contributed by atoms with van der Waals surface area (Å²) < 4.78 is 4.90. The van der Waals surface area contributed by atoms with Gasteiger partial charge in [0, 0.05) is 32.6 Å². The Labute approximate surface area is 107 Å². The Morgan fingerprint density at radius 3 is 2.88 bits per heavy atom. The van der Waals surface area contributed by atoms with Crippen LogP contribution in [-0.4, -0.2) is 55.4 Å². The van der Waals surface area contributed by atoms with Crippen LogP contribution < -0.4 is 11.1 Å². The topological polar surface area (TPSA) is 84.6 Å². The van der Waals surface area contributed by atoms with Crippen LogP contribution in [0.1, 0.15) is 19.3 Å². The molecule has 0 spiro atoms. The zero-order valence-corrected chi connectivity index (χ0v) is 11.3. The molecule has 17 heavy (non-hydrogen) atoms. The molecule has 0 saturated carbocycles. The van der Waals surface area contributed by atoms with E-state index in [4.69, 9.17) is 15.6 Å². The SMILES string of the molecule is COCCCC(N)C(=O)NCCSCCCO. The van der Waals surface area contributed by atoms with Crippen molar-refractivity contribution in [1.29, 1.82) is 0 Å². The number of nitrogens with two attached hydrogens (primary N) is 1. The summed E-state index contributed by atoms with van der Waals surface area (Å²) in [6.45, 7) is 1.49. The summed E-state index contributed by atoms with van der Waals surface area (Å²) in [5, 5.41) is 11.4. The molecular formula is C11H24N2O3S. The number of carbonyl (C=O) groups excluding carboxylic acids is 1. The quantitative estimate of drug-likeness (QED) is 0.456. The van der Waals surface area contributed by atoms with Gasteiger partial charge < -0.3 is 20.9 Å². The third kappa shape index (κ3) is 10.6. The van der Waals surface area contributed by atoms with Crippen LogP contribution in [0, 0.1) is 0 Å². The molecular weight excluding hydrogens is 240 g/mol. The minimum absolute atomic E-state index is 0.0936. The molecule has 0 aliphatic rings. The molecule has 0 radical (unpaired) electrons. The van der Waals surface area contributed by atoms with Gasteiger partial charge in [0.05, 0.1) is 6.04 Å². The minimum atomic E-state index is -0.437. The van der Waals surface area contributed by atoms with Crippen LogP contribution in [0.2, 0.25) is 0 Å². The second-order valence-corrected chi connectivity index (χ2v) is 4.95. The molecule has 6 heteroatoms. The first kappa shape index (κ1) is 16.7. The number of aliphatic hydroxyl groups excluding tert-OH is 1. The van der Waals surface area contributed by atoms with Gasteiger partial charge in [-0.25, -0.2) is 0 Å². The van der Waals surface area contributed by atoms with Crippen LogP contribution in [0.5, 0.6) is 0 Å². The summed E-state index contributed by atoms with van der Waals surface area (Å²) in [5.41, 5.74) is 5.71. The molecule has 0 fully saturated rings. The van der Waals surface area contributed by atoms with E-state index in [-0.39, 0.29) is 12.5 Å². The van der Waals surface area contributed by atoms with E-state index in [2.05, 4.69) is 5.32 Å². The fourth-order valence-corrected chi connectivity index (χ4v) is 2.01. The molecule has 1 atom stereocenters. The number of ether oxygens (including phenoxy) is 1. The van der Waals surface area contributed by atoms with Crippen molar-refractivity contribution in [2.24, 2.45) is 5.73 Å². The molecule has 0 aliphatic heterocycles. The number of amides is 1. The highest BCUT2D eigenvalue weighted by Gasteiger charge is 2.11. The summed E-state index contributed by atoms with van der Waals surface area (Å²) >= 11 is 1.72. The Morgan fingerprint density at radius 2 is 2.24 bits per heavy atom. The van der Waals surface area contributed by atoms with E-state index in [9.17, 15) is 4.79 Å². The zero-order chi connectivity index (χ0) is 12.9. The lowest BCUT2D eigenvalue weighted by Crippen LogP contribution is -2.41. The molecule has 1 unspecified atom stereocenters. The maximum atomic E-state index is 11.5. The maximum absolute atomic E-state index is 11.5. The fraction of sp³-hybridized carbons (Fsp3) is 0.909. The highest BCUT2D eigenvalue weighted by atomic mass is 32.2. The summed E-state index contributed by atoms with van der Waals surface area (Å²) in [6, 6.07) is -0.437. The lowest BCUT2D eigenvalue weighted by atomic mass is 10.1. The monoisotopic (exact) mass is 264 g/mol. The smallest absolute Gasteiger partial charge is 0.236 e. The summed E-state index contributed by atoms with van der Waals surface area (Å²) in [7, 11) is 1.63. The van der Waals surface area contributed by atoms with Gasteiger partial charge in [0.2, 0.25) is 5.91 Å². The average molecular weight is 264 g/mol. The summed E-state index contributed by atoms with van der Waals surface area (Å²) in [4.78, 5) is 11.5. The van der Waals surface area contributed by atoms with Gasteiger partial charge in [-0.2, -0.15) is 11.8 Å². The normalized spacial score (nSPS) is 12.4.